The van der Waals surface area contributed by atoms with E-state index in [2.05, 4.69) is 11.4 Å². The third-order valence-corrected chi connectivity index (χ3v) is 3.81. The van der Waals surface area contributed by atoms with E-state index < -0.39 is 0 Å². The first-order chi connectivity index (χ1) is 9.20. The molecule has 1 aromatic carbocycles. The minimum Gasteiger partial charge on any atom is -0.493 e. The molecule has 0 atom stereocenters. The molecule has 100 valence electrons. The van der Waals surface area contributed by atoms with Crippen LogP contribution in [0.25, 0.3) is 0 Å². The van der Waals surface area contributed by atoms with Crippen LogP contribution < -0.4 is 15.2 Å². The average Bonchev–Trinajstić information content (AvgIpc) is 2.92. The Hall–Kier alpha value is -1.59. The number of nitrogens with two attached hydrogens (primary N) is 1. The standard InChI is InChI=1S/C14H15NO2S2/c1-16-13-9-10(14(15)18)4-5-12(13)17-7-6-11-3-2-8-19-11/h2-5,8-9H,6-7H2,1H3,(H2,15,18). The Morgan fingerprint density at radius 1 is 1.32 bits per heavy atom. The zero-order chi connectivity index (χ0) is 13.7. The molecule has 2 N–H and O–H groups in total. The lowest BCUT2D eigenvalue weighted by Crippen LogP contribution is -2.10. The van der Waals surface area contributed by atoms with Gasteiger partial charge in [0.2, 0.25) is 0 Å². The monoisotopic (exact) mass is 293 g/mol. The molecule has 0 spiro atoms. The van der Waals surface area contributed by atoms with Gasteiger partial charge in [-0.3, -0.25) is 0 Å². The summed E-state index contributed by atoms with van der Waals surface area (Å²) in [5.41, 5.74) is 6.36. The number of ether oxygens (including phenoxy) is 2. The summed E-state index contributed by atoms with van der Waals surface area (Å²) in [6, 6.07) is 9.61. The SMILES string of the molecule is COc1cc(C(N)=S)ccc1OCCc1cccs1. The summed E-state index contributed by atoms with van der Waals surface area (Å²) in [5, 5.41) is 2.06. The molecule has 1 aromatic heterocycles. The van der Waals surface area contributed by atoms with E-state index in [-0.39, 0.29) is 0 Å². The molecule has 0 saturated heterocycles. The van der Waals surface area contributed by atoms with Crippen molar-refractivity contribution in [3.63, 3.8) is 0 Å². The van der Waals surface area contributed by atoms with Crippen LogP contribution in [0.5, 0.6) is 11.5 Å². The van der Waals surface area contributed by atoms with Crippen LogP contribution in [0.3, 0.4) is 0 Å². The second-order valence-corrected chi connectivity index (χ2v) is 5.38. The summed E-state index contributed by atoms with van der Waals surface area (Å²) in [6.45, 7) is 0.614. The molecule has 0 unspecified atom stereocenters. The summed E-state index contributed by atoms with van der Waals surface area (Å²) in [5.74, 6) is 1.36. The van der Waals surface area contributed by atoms with Gasteiger partial charge in [-0.1, -0.05) is 18.3 Å². The summed E-state index contributed by atoms with van der Waals surface area (Å²) in [4.78, 5) is 1.65. The molecular weight excluding hydrogens is 278 g/mol. The van der Waals surface area contributed by atoms with E-state index in [9.17, 15) is 0 Å². The van der Waals surface area contributed by atoms with E-state index in [4.69, 9.17) is 27.4 Å². The number of thiophene rings is 1. The van der Waals surface area contributed by atoms with Crippen LogP contribution in [0.4, 0.5) is 0 Å². The van der Waals surface area contributed by atoms with E-state index in [0.717, 1.165) is 12.0 Å². The summed E-state index contributed by atoms with van der Waals surface area (Å²) in [7, 11) is 1.60. The van der Waals surface area contributed by atoms with E-state index >= 15 is 0 Å². The summed E-state index contributed by atoms with van der Waals surface area (Å²) < 4.78 is 11.0. The normalized spacial score (nSPS) is 10.2. The highest BCUT2D eigenvalue weighted by Gasteiger charge is 2.07. The molecular formula is C14H15NO2S2. The van der Waals surface area contributed by atoms with Gasteiger partial charge < -0.3 is 15.2 Å². The predicted molar refractivity (Wildman–Crippen MR) is 82.4 cm³/mol. The Kier molecular flexibility index (Phi) is 4.76. The van der Waals surface area contributed by atoms with Gasteiger partial charge in [0.1, 0.15) is 4.99 Å². The van der Waals surface area contributed by atoms with Crippen LogP contribution in [-0.2, 0) is 6.42 Å². The van der Waals surface area contributed by atoms with Crippen LogP contribution in [0, 0.1) is 0 Å². The number of thiocarbonyl (C=S) groups is 1. The maximum Gasteiger partial charge on any atom is 0.161 e. The molecule has 1 heterocycles. The Morgan fingerprint density at radius 2 is 2.16 bits per heavy atom. The van der Waals surface area contributed by atoms with Crippen molar-refractivity contribution < 1.29 is 9.47 Å². The first kappa shape index (κ1) is 13.8. The Bertz CT molecular complexity index is 553. The zero-order valence-corrected chi connectivity index (χ0v) is 12.2. The van der Waals surface area contributed by atoms with E-state index in [1.165, 1.54) is 4.88 Å². The van der Waals surface area contributed by atoms with Gasteiger partial charge in [-0.2, -0.15) is 0 Å². The van der Waals surface area contributed by atoms with Gasteiger partial charge in [0, 0.05) is 16.9 Å². The fourth-order valence-corrected chi connectivity index (χ4v) is 2.47. The van der Waals surface area contributed by atoms with E-state index in [0.29, 0.717) is 23.1 Å². The van der Waals surface area contributed by atoms with Gasteiger partial charge in [0.25, 0.3) is 0 Å². The highest BCUT2D eigenvalue weighted by atomic mass is 32.1. The Labute approximate surface area is 122 Å². The first-order valence-corrected chi connectivity index (χ1v) is 7.12. The van der Waals surface area contributed by atoms with Gasteiger partial charge in [0.05, 0.1) is 13.7 Å². The lowest BCUT2D eigenvalue weighted by atomic mass is 10.2. The molecule has 2 rings (SSSR count). The molecule has 0 radical (unpaired) electrons. The van der Waals surface area contributed by atoms with Crippen molar-refractivity contribution in [1.82, 2.24) is 0 Å². The van der Waals surface area contributed by atoms with Gasteiger partial charge in [0.15, 0.2) is 11.5 Å². The van der Waals surface area contributed by atoms with E-state index in [1.807, 2.05) is 18.2 Å². The van der Waals surface area contributed by atoms with Gasteiger partial charge in [-0.05, 0) is 29.6 Å². The molecule has 3 nitrogen and oxygen atoms in total. The molecule has 0 amide bonds. The minimum absolute atomic E-state index is 0.350. The van der Waals surface area contributed by atoms with Gasteiger partial charge in [-0.15, -0.1) is 11.3 Å². The lowest BCUT2D eigenvalue weighted by Gasteiger charge is -2.11. The molecule has 0 aliphatic carbocycles. The lowest BCUT2D eigenvalue weighted by molar-refractivity contribution is 0.298. The quantitative estimate of drug-likeness (QED) is 0.832. The van der Waals surface area contributed by atoms with Crippen molar-refractivity contribution in [3.05, 3.63) is 46.2 Å². The van der Waals surface area contributed by atoms with Gasteiger partial charge in [-0.25, -0.2) is 0 Å². The topological polar surface area (TPSA) is 44.5 Å². The van der Waals surface area contributed by atoms with Crippen LogP contribution in [0.15, 0.2) is 35.7 Å². The molecule has 0 fully saturated rings. The molecule has 5 heteroatoms. The minimum atomic E-state index is 0.350. The van der Waals surface area contributed by atoms with Crippen molar-refractivity contribution in [2.24, 2.45) is 5.73 Å². The third kappa shape index (κ3) is 3.68. The van der Waals surface area contributed by atoms with Crippen molar-refractivity contribution in [2.75, 3.05) is 13.7 Å². The predicted octanol–water partition coefficient (Wildman–Crippen LogP) is 3.01. The number of hydrogen-bond donors (Lipinski definition) is 1. The molecule has 0 bridgehead atoms. The fraction of sp³-hybridized carbons (Fsp3) is 0.214. The molecule has 0 aliphatic rings. The average molecular weight is 293 g/mol. The first-order valence-electron chi connectivity index (χ1n) is 5.83. The van der Waals surface area contributed by atoms with Gasteiger partial charge >= 0.3 is 0 Å². The number of hydrogen-bond acceptors (Lipinski definition) is 4. The Balaban J connectivity index is 2.01. The second kappa shape index (κ2) is 6.54. The summed E-state index contributed by atoms with van der Waals surface area (Å²) in [6.07, 6.45) is 0.887. The third-order valence-electron chi connectivity index (χ3n) is 2.63. The smallest absolute Gasteiger partial charge is 0.161 e. The fourth-order valence-electron chi connectivity index (χ4n) is 1.66. The highest BCUT2D eigenvalue weighted by Crippen LogP contribution is 2.28. The molecule has 0 saturated carbocycles. The van der Waals surface area contributed by atoms with Crippen LogP contribution >= 0.6 is 23.6 Å². The van der Waals surface area contributed by atoms with Crippen molar-refractivity contribution in [3.8, 4) is 11.5 Å². The van der Waals surface area contributed by atoms with Crippen molar-refractivity contribution >= 4 is 28.5 Å². The number of benzene rings is 1. The van der Waals surface area contributed by atoms with Crippen LogP contribution in [0.2, 0.25) is 0 Å². The number of methoxy groups -OCH3 is 1. The number of rotatable bonds is 6. The largest absolute Gasteiger partial charge is 0.493 e. The second-order valence-electron chi connectivity index (χ2n) is 3.91. The molecule has 0 aliphatic heterocycles. The highest BCUT2D eigenvalue weighted by molar-refractivity contribution is 7.80. The van der Waals surface area contributed by atoms with Crippen LogP contribution in [0.1, 0.15) is 10.4 Å². The molecule has 19 heavy (non-hydrogen) atoms. The Morgan fingerprint density at radius 3 is 2.79 bits per heavy atom. The van der Waals surface area contributed by atoms with Crippen molar-refractivity contribution in [1.29, 1.82) is 0 Å². The maximum absolute atomic E-state index is 5.73. The van der Waals surface area contributed by atoms with Crippen LogP contribution in [-0.4, -0.2) is 18.7 Å². The van der Waals surface area contributed by atoms with E-state index in [1.54, 1.807) is 24.5 Å². The maximum atomic E-state index is 5.73. The molecule has 2 aromatic rings. The zero-order valence-electron chi connectivity index (χ0n) is 10.6. The van der Waals surface area contributed by atoms with Crippen molar-refractivity contribution in [2.45, 2.75) is 6.42 Å². The summed E-state index contributed by atoms with van der Waals surface area (Å²) >= 11 is 6.67.